The zero-order valence-corrected chi connectivity index (χ0v) is 8.91. The van der Waals surface area contributed by atoms with Gasteiger partial charge >= 0.3 is 0 Å². The van der Waals surface area contributed by atoms with Crippen LogP contribution in [0.2, 0.25) is 11.1 Å². The maximum atomic E-state index is 10.6. The maximum Gasteiger partial charge on any atom is 0.292 e. The van der Waals surface area contributed by atoms with Gasteiger partial charge in [-0.05, 0) is 11.1 Å². The van der Waals surface area contributed by atoms with E-state index in [0.29, 0.717) is 11.1 Å². The number of carbonyl (C=O) groups is 1. The Morgan fingerprint density at radius 2 is 1.64 bits per heavy atom. The van der Waals surface area contributed by atoms with Crippen LogP contribution in [0.3, 0.4) is 0 Å². The molecule has 1 radical (unpaired) electrons. The fourth-order valence-corrected chi connectivity index (χ4v) is 3.58. The summed E-state index contributed by atoms with van der Waals surface area (Å²) in [5, 5.41) is 0. The summed E-state index contributed by atoms with van der Waals surface area (Å²) in [6, 6.07) is 0. The second kappa shape index (κ2) is 4.54. The first kappa shape index (κ1) is 10.7. The summed E-state index contributed by atoms with van der Waals surface area (Å²) in [4.78, 5) is 10.6. The Labute approximate surface area is 70.7 Å². The minimum absolute atomic E-state index is 0.371. The van der Waals surface area contributed by atoms with Crippen molar-refractivity contribution in [3.8, 4) is 0 Å². The normalized spacial score (nSPS) is 11.3. The Kier molecular flexibility index (Phi) is 4.41. The van der Waals surface area contributed by atoms with Crippen LogP contribution in [-0.2, 0) is 9.22 Å². The van der Waals surface area contributed by atoms with Gasteiger partial charge in [0.2, 0.25) is 9.04 Å². The quantitative estimate of drug-likeness (QED) is 0.609. The van der Waals surface area contributed by atoms with Crippen LogP contribution in [0.25, 0.3) is 0 Å². The number of hydrogen-bond acceptors (Lipinski definition) is 2. The van der Waals surface area contributed by atoms with E-state index in [1.807, 2.05) is 0 Å². The topological polar surface area (TPSA) is 26.3 Å². The molecule has 0 amide bonds. The van der Waals surface area contributed by atoms with Gasteiger partial charge < -0.3 is 4.43 Å². The van der Waals surface area contributed by atoms with Gasteiger partial charge in [0.05, 0.1) is 6.92 Å². The molecule has 0 rings (SSSR count). The van der Waals surface area contributed by atoms with E-state index in [2.05, 4.69) is 34.6 Å². The molecule has 0 aromatic carbocycles. The van der Waals surface area contributed by atoms with E-state index in [1.165, 1.54) is 0 Å². The first-order valence-electron chi connectivity index (χ1n) is 3.97. The third-order valence-electron chi connectivity index (χ3n) is 1.58. The predicted molar refractivity (Wildman–Crippen MR) is 48.8 cm³/mol. The van der Waals surface area contributed by atoms with E-state index >= 15 is 0 Å². The van der Waals surface area contributed by atoms with Gasteiger partial charge in [-0.15, -0.1) is 0 Å². The summed E-state index contributed by atoms with van der Waals surface area (Å²) in [6.45, 7) is 11.6. The number of hydrogen-bond donors (Lipinski definition) is 0. The molecule has 0 bridgehead atoms. The molecule has 0 N–H and O–H groups in total. The largest absolute Gasteiger partial charge is 0.521 e. The highest BCUT2D eigenvalue weighted by molar-refractivity contribution is 6.56. The zero-order chi connectivity index (χ0) is 9.02. The second-order valence-corrected chi connectivity index (χ2v) is 7.27. The molecule has 0 unspecified atom stereocenters. The van der Waals surface area contributed by atoms with E-state index in [9.17, 15) is 4.79 Å². The maximum absolute atomic E-state index is 10.6. The van der Waals surface area contributed by atoms with Gasteiger partial charge in [-0.3, -0.25) is 4.79 Å². The van der Waals surface area contributed by atoms with Gasteiger partial charge in [0.1, 0.15) is 0 Å². The molecule has 0 heterocycles. The minimum Gasteiger partial charge on any atom is -0.521 e. The summed E-state index contributed by atoms with van der Waals surface area (Å²) < 4.78 is 5.16. The fourth-order valence-electron chi connectivity index (χ4n) is 1.19. The standard InChI is InChI=1S/C8H17O2Si/c1-6(2)11(7(3)4)10-8(5)9/h6-7,11H,5H2,1-4H3. The highest BCUT2D eigenvalue weighted by Gasteiger charge is 2.23. The van der Waals surface area contributed by atoms with Crippen LogP contribution in [0.5, 0.6) is 0 Å². The van der Waals surface area contributed by atoms with Crippen molar-refractivity contribution in [2.75, 3.05) is 0 Å². The van der Waals surface area contributed by atoms with E-state index in [-0.39, 0.29) is 5.97 Å². The molecule has 0 aromatic rings. The Hall–Kier alpha value is -0.313. The van der Waals surface area contributed by atoms with Crippen LogP contribution in [0, 0.1) is 6.92 Å². The second-order valence-electron chi connectivity index (χ2n) is 3.44. The lowest BCUT2D eigenvalue weighted by Crippen LogP contribution is -2.27. The van der Waals surface area contributed by atoms with Crippen molar-refractivity contribution in [2.24, 2.45) is 0 Å². The molecule has 0 aliphatic carbocycles. The summed E-state index contributed by atoms with van der Waals surface area (Å²) in [7, 11) is -1.35. The molecule has 0 fully saturated rings. The third kappa shape index (κ3) is 4.19. The molecule has 11 heavy (non-hydrogen) atoms. The van der Waals surface area contributed by atoms with Crippen molar-refractivity contribution in [1.29, 1.82) is 0 Å². The Bertz CT molecular complexity index is 124. The van der Waals surface area contributed by atoms with E-state index in [4.69, 9.17) is 4.43 Å². The first-order chi connectivity index (χ1) is 4.95. The lowest BCUT2D eigenvalue weighted by Gasteiger charge is -2.21. The van der Waals surface area contributed by atoms with Crippen molar-refractivity contribution < 1.29 is 9.22 Å². The van der Waals surface area contributed by atoms with E-state index in [1.54, 1.807) is 0 Å². The van der Waals surface area contributed by atoms with Crippen molar-refractivity contribution in [3.05, 3.63) is 6.92 Å². The van der Waals surface area contributed by atoms with Crippen LogP contribution in [0.4, 0.5) is 0 Å². The van der Waals surface area contributed by atoms with Gasteiger partial charge in [0.25, 0.3) is 5.97 Å². The van der Waals surface area contributed by atoms with Crippen molar-refractivity contribution in [1.82, 2.24) is 0 Å². The molecule has 0 aliphatic rings. The van der Waals surface area contributed by atoms with Gasteiger partial charge in [0, 0.05) is 0 Å². The van der Waals surface area contributed by atoms with Crippen LogP contribution < -0.4 is 0 Å². The summed E-state index contributed by atoms with van der Waals surface area (Å²) in [5.41, 5.74) is 1.00. The van der Waals surface area contributed by atoms with E-state index < -0.39 is 9.04 Å². The molecule has 0 atom stereocenters. The van der Waals surface area contributed by atoms with Gasteiger partial charge in [0.15, 0.2) is 0 Å². The van der Waals surface area contributed by atoms with Crippen molar-refractivity contribution in [2.45, 2.75) is 38.8 Å². The lowest BCUT2D eigenvalue weighted by molar-refractivity contribution is -0.129. The summed E-state index contributed by atoms with van der Waals surface area (Å²) in [5.74, 6) is -0.371. The molecule has 0 saturated carbocycles. The monoisotopic (exact) mass is 173 g/mol. The molecule has 0 aromatic heterocycles. The zero-order valence-electron chi connectivity index (χ0n) is 7.76. The van der Waals surface area contributed by atoms with Gasteiger partial charge in [-0.2, -0.15) is 0 Å². The molecular weight excluding hydrogens is 156 g/mol. The van der Waals surface area contributed by atoms with Crippen LogP contribution in [-0.4, -0.2) is 15.0 Å². The van der Waals surface area contributed by atoms with E-state index in [0.717, 1.165) is 0 Å². The van der Waals surface area contributed by atoms with Crippen LogP contribution in [0.15, 0.2) is 0 Å². The predicted octanol–water partition coefficient (Wildman–Crippen LogP) is 1.91. The molecular formula is C8H17O2Si. The highest BCUT2D eigenvalue weighted by atomic mass is 28.3. The van der Waals surface area contributed by atoms with Gasteiger partial charge in [-0.25, -0.2) is 0 Å². The number of rotatable bonds is 3. The highest BCUT2D eigenvalue weighted by Crippen LogP contribution is 2.20. The van der Waals surface area contributed by atoms with Crippen LogP contribution >= 0.6 is 0 Å². The third-order valence-corrected chi connectivity index (χ3v) is 4.74. The molecule has 0 spiro atoms. The number of carbonyl (C=O) groups excluding carboxylic acids is 1. The SMILES string of the molecule is [CH2]C(=O)O[SiH](C(C)C)C(C)C. The molecule has 65 valence electrons. The molecule has 3 heteroatoms. The average Bonchev–Trinajstić information content (AvgIpc) is 1.81. The first-order valence-corrected chi connectivity index (χ1v) is 5.78. The smallest absolute Gasteiger partial charge is 0.292 e. The summed E-state index contributed by atoms with van der Waals surface area (Å²) >= 11 is 0. The Balaban J connectivity index is 4.00. The lowest BCUT2D eigenvalue weighted by atomic mass is 10.5. The molecule has 0 saturated heterocycles. The molecule has 2 nitrogen and oxygen atoms in total. The van der Waals surface area contributed by atoms with Crippen molar-refractivity contribution >= 4 is 15.0 Å². The average molecular weight is 173 g/mol. The minimum atomic E-state index is -1.35. The van der Waals surface area contributed by atoms with Crippen LogP contribution in [0.1, 0.15) is 27.7 Å². The Morgan fingerprint density at radius 1 is 1.27 bits per heavy atom. The molecule has 0 aliphatic heterocycles. The summed E-state index contributed by atoms with van der Waals surface area (Å²) in [6.07, 6.45) is 0. The fraction of sp³-hybridized carbons (Fsp3) is 0.750. The van der Waals surface area contributed by atoms with Gasteiger partial charge in [-0.1, -0.05) is 27.7 Å². The Morgan fingerprint density at radius 3 is 1.73 bits per heavy atom. The van der Waals surface area contributed by atoms with Crippen molar-refractivity contribution in [3.63, 3.8) is 0 Å².